The van der Waals surface area contributed by atoms with Crippen LogP contribution in [0, 0.1) is 0 Å². The summed E-state index contributed by atoms with van der Waals surface area (Å²) in [7, 11) is 0. The maximum absolute atomic E-state index is 10.0. The highest BCUT2D eigenvalue weighted by molar-refractivity contribution is 4.84. The molecule has 9 heavy (non-hydrogen) atoms. The molecule has 1 heterocycles. The molecule has 1 saturated heterocycles. The van der Waals surface area contributed by atoms with Crippen molar-refractivity contribution in [2.45, 2.75) is 18.3 Å². The molecule has 1 fully saturated rings. The predicted molar refractivity (Wildman–Crippen MR) is 36.1 cm³/mol. The summed E-state index contributed by atoms with van der Waals surface area (Å²) in [6.45, 7) is -6.87. The number of nitrogens with one attached hydrogen (secondary N) is 1. The number of piperidine rings is 1. The lowest BCUT2D eigenvalue weighted by Gasteiger charge is -2.30. The van der Waals surface area contributed by atoms with Crippen molar-refractivity contribution in [2.75, 3.05) is 19.5 Å². The zero-order chi connectivity index (χ0) is 13.9. The molecule has 0 aromatic heterocycles. The van der Waals surface area contributed by atoms with E-state index in [4.69, 9.17) is 16.7 Å². The highest BCUT2D eigenvalue weighted by atomic mass is 16.3. The smallest absolute Gasteiger partial charge is 0.0793 e. The normalized spacial score (nSPS) is 61.6. The first-order valence-corrected chi connectivity index (χ1v) is 2.49. The van der Waals surface area contributed by atoms with Crippen LogP contribution in [0.2, 0.25) is 0 Å². The molecule has 1 rings (SSSR count). The number of nitrogens with two attached hydrogens (primary N) is 1. The molecule has 0 atom stereocenters. The van der Waals surface area contributed by atoms with Crippen LogP contribution in [0.15, 0.2) is 0 Å². The van der Waals surface area contributed by atoms with Crippen LogP contribution in [0.4, 0.5) is 0 Å². The van der Waals surface area contributed by atoms with Crippen molar-refractivity contribution in [3.63, 3.8) is 0 Å². The van der Waals surface area contributed by atoms with Gasteiger partial charge in [0.25, 0.3) is 0 Å². The van der Waals surface area contributed by atoms with Crippen LogP contribution in [0.25, 0.3) is 0 Å². The lowest BCUT2D eigenvalue weighted by Crippen LogP contribution is -2.46. The van der Waals surface area contributed by atoms with Crippen molar-refractivity contribution in [3.05, 3.63) is 0 Å². The maximum atomic E-state index is 10.0. The largest absolute Gasteiger partial charge is 0.388 e. The number of aliphatic hydroxyl groups is 1. The van der Waals surface area contributed by atoms with Crippen LogP contribution in [-0.2, 0) is 0 Å². The maximum Gasteiger partial charge on any atom is 0.0793 e. The Morgan fingerprint density at radius 1 is 1.67 bits per heavy atom. The van der Waals surface area contributed by atoms with E-state index >= 15 is 0 Å². The second kappa shape index (κ2) is 2.64. The Balaban J connectivity index is 3.49. The molecule has 0 aliphatic carbocycles. The van der Waals surface area contributed by atoms with Gasteiger partial charge in [0.2, 0.25) is 0 Å². The van der Waals surface area contributed by atoms with E-state index in [2.05, 4.69) is 0 Å². The van der Waals surface area contributed by atoms with E-state index in [1.54, 1.807) is 5.32 Å². The van der Waals surface area contributed by atoms with E-state index in [0.717, 1.165) is 0 Å². The molecule has 0 spiro atoms. The second-order valence-electron chi connectivity index (χ2n) is 1.69. The number of hydrogen-bond donors (Lipinski definition) is 3. The Hall–Kier alpha value is -0.120. The second-order valence-corrected chi connectivity index (χ2v) is 1.69. The fraction of sp³-hybridized carbons (Fsp3) is 1.00. The topological polar surface area (TPSA) is 58.3 Å². The summed E-state index contributed by atoms with van der Waals surface area (Å²) in [5, 5.41) is 11.6. The minimum Gasteiger partial charge on any atom is -0.388 e. The standard InChI is InChI=1S/C6H14N2O/c7-5-6(9)1-3-8-4-2-6/h8-9H,1-5,7H2/i1D2,2D2,3D2,4D2. The van der Waals surface area contributed by atoms with E-state index in [0.29, 0.717) is 0 Å². The quantitative estimate of drug-likeness (QED) is 0.438. The Kier molecular flexibility index (Phi) is 0.568. The van der Waals surface area contributed by atoms with Gasteiger partial charge >= 0.3 is 0 Å². The van der Waals surface area contributed by atoms with Crippen molar-refractivity contribution < 1.29 is 16.1 Å². The van der Waals surface area contributed by atoms with Gasteiger partial charge < -0.3 is 16.2 Å². The molecule has 0 radical (unpaired) electrons. The lowest BCUT2D eigenvalue weighted by atomic mass is 9.93. The summed E-state index contributed by atoms with van der Waals surface area (Å²) in [5.74, 6) is 0. The molecule has 0 aromatic rings. The van der Waals surface area contributed by atoms with Gasteiger partial charge in [-0.3, -0.25) is 0 Å². The van der Waals surface area contributed by atoms with Gasteiger partial charge in [0.1, 0.15) is 0 Å². The molecule has 54 valence electrons. The van der Waals surface area contributed by atoms with Crippen LogP contribution in [0.5, 0.6) is 0 Å². The molecular formula is C6H14N2O. The lowest BCUT2D eigenvalue weighted by molar-refractivity contribution is 0.0192. The zero-order valence-electron chi connectivity index (χ0n) is 12.7. The first-order chi connectivity index (χ1) is 7.27. The van der Waals surface area contributed by atoms with Gasteiger partial charge in [-0.2, -0.15) is 0 Å². The zero-order valence-corrected chi connectivity index (χ0v) is 4.73. The van der Waals surface area contributed by atoms with Crippen molar-refractivity contribution >= 4 is 0 Å². The first kappa shape index (κ1) is 1.94. The summed E-state index contributed by atoms with van der Waals surface area (Å²) < 4.78 is 59.5. The van der Waals surface area contributed by atoms with Gasteiger partial charge in [-0.15, -0.1) is 0 Å². The summed E-state index contributed by atoms with van der Waals surface area (Å²) >= 11 is 0. The van der Waals surface area contributed by atoms with Gasteiger partial charge in [-0.05, 0) is 25.7 Å². The van der Waals surface area contributed by atoms with Crippen LogP contribution < -0.4 is 11.1 Å². The van der Waals surface area contributed by atoms with Gasteiger partial charge in [0.15, 0.2) is 0 Å². The predicted octanol–water partition coefficient (Wildman–Crippen LogP) is -0.940. The van der Waals surface area contributed by atoms with Crippen LogP contribution in [0.1, 0.15) is 23.7 Å². The summed E-state index contributed by atoms with van der Waals surface area (Å²) in [6.07, 6.45) is -6.19. The van der Waals surface area contributed by atoms with E-state index in [9.17, 15) is 5.11 Å². The molecule has 0 aromatic carbocycles. The van der Waals surface area contributed by atoms with Crippen LogP contribution in [0.3, 0.4) is 0 Å². The van der Waals surface area contributed by atoms with Gasteiger partial charge in [0.05, 0.1) is 5.60 Å². The molecule has 0 saturated carbocycles. The summed E-state index contributed by atoms with van der Waals surface area (Å²) in [5.41, 5.74) is 2.15. The Labute approximate surface area is 66.5 Å². The van der Waals surface area contributed by atoms with Gasteiger partial charge in [-0.25, -0.2) is 0 Å². The molecular weight excluding hydrogens is 116 g/mol. The molecule has 1 aliphatic heterocycles. The average Bonchev–Trinajstić information content (AvgIpc) is 2.12. The molecule has 0 bridgehead atoms. The Morgan fingerprint density at radius 2 is 2.22 bits per heavy atom. The van der Waals surface area contributed by atoms with Crippen LogP contribution in [-0.4, -0.2) is 30.2 Å². The van der Waals surface area contributed by atoms with Gasteiger partial charge in [0, 0.05) is 17.5 Å². The fourth-order valence-corrected chi connectivity index (χ4v) is 0.434. The Bertz CT molecular complexity index is 304. The van der Waals surface area contributed by atoms with E-state index in [1.807, 2.05) is 0 Å². The molecule has 0 amide bonds. The molecule has 1 aliphatic rings. The first-order valence-electron chi connectivity index (χ1n) is 6.49. The van der Waals surface area contributed by atoms with Gasteiger partial charge in [-0.1, -0.05) is 0 Å². The van der Waals surface area contributed by atoms with Crippen molar-refractivity contribution in [1.82, 2.24) is 5.32 Å². The number of rotatable bonds is 1. The highest BCUT2D eigenvalue weighted by Crippen LogP contribution is 2.14. The highest BCUT2D eigenvalue weighted by Gasteiger charge is 2.26. The third kappa shape index (κ3) is 1.64. The third-order valence-electron chi connectivity index (χ3n) is 0.959. The summed E-state index contributed by atoms with van der Waals surface area (Å²) in [6, 6.07) is 0. The van der Waals surface area contributed by atoms with E-state index < -0.39 is 37.9 Å². The third-order valence-corrected chi connectivity index (χ3v) is 0.959. The summed E-state index contributed by atoms with van der Waals surface area (Å²) in [4.78, 5) is 0. The molecule has 0 unspecified atom stereocenters. The monoisotopic (exact) mass is 138 g/mol. The van der Waals surface area contributed by atoms with Crippen molar-refractivity contribution in [1.29, 1.82) is 0 Å². The SMILES string of the molecule is [2H]C1([2H])NC([2H])([2H])C([2H])([2H])C(O)(CN)C1([2H])[2H]. The minimum absolute atomic E-state index is 0.951. The van der Waals surface area contributed by atoms with E-state index in [-0.39, 0.29) is 0 Å². The van der Waals surface area contributed by atoms with Crippen molar-refractivity contribution in [3.8, 4) is 0 Å². The molecule has 3 heteroatoms. The molecule has 4 N–H and O–H groups in total. The Morgan fingerprint density at radius 3 is 2.67 bits per heavy atom. The number of hydrogen-bond acceptors (Lipinski definition) is 3. The van der Waals surface area contributed by atoms with Crippen molar-refractivity contribution in [2.24, 2.45) is 5.73 Å². The average molecular weight is 138 g/mol. The minimum atomic E-state index is -3.09. The molecule has 3 nitrogen and oxygen atoms in total. The van der Waals surface area contributed by atoms with E-state index in [1.165, 1.54) is 0 Å². The fourth-order valence-electron chi connectivity index (χ4n) is 0.434. The van der Waals surface area contributed by atoms with Crippen LogP contribution >= 0.6 is 0 Å².